The van der Waals surface area contributed by atoms with E-state index in [0.29, 0.717) is 0 Å². The van der Waals surface area contributed by atoms with E-state index >= 15 is 0 Å². The van der Waals surface area contributed by atoms with Gasteiger partial charge in [-0.15, -0.1) is 0 Å². The van der Waals surface area contributed by atoms with Crippen LogP contribution < -0.4 is 5.76 Å². The zero-order valence-corrected chi connectivity index (χ0v) is 12.6. The normalized spacial score (nSPS) is 18.6. The average molecular weight is 350 g/mol. The summed E-state index contributed by atoms with van der Waals surface area (Å²) in [6, 6.07) is 3.85. The third kappa shape index (κ3) is 3.00. The highest BCUT2D eigenvalue weighted by Gasteiger charge is 2.43. The number of hydrogen-bond acceptors (Lipinski definition) is 4. The van der Waals surface area contributed by atoms with Gasteiger partial charge in [-0.1, -0.05) is 0 Å². The molecular weight excluding hydrogens is 337 g/mol. The van der Waals surface area contributed by atoms with Crippen molar-refractivity contribution in [3.63, 3.8) is 0 Å². The lowest BCUT2D eigenvalue weighted by Crippen LogP contribution is -2.42. The molecule has 6 nitrogen and oxygen atoms in total. The molecule has 0 radical (unpaired) electrons. The van der Waals surface area contributed by atoms with Crippen LogP contribution in [0.3, 0.4) is 0 Å². The number of sulfonamides is 1. The molecule has 0 atom stereocenters. The molecule has 10 heteroatoms. The summed E-state index contributed by atoms with van der Waals surface area (Å²) in [5.41, 5.74) is 0.436. The highest BCUT2D eigenvalue weighted by atomic mass is 32.2. The van der Waals surface area contributed by atoms with Crippen molar-refractivity contribution in [2.75, 3.05) is 13.1 Å². The molecule has 1 aliphatic rings. The summed E-state index contributed by atoms with van der Waals surface area (Å²) in [4.78, 5) is 13.3. The van der Waals surface area contributed by atoms with E-state index in [1.165, 1.54) is 18.2 Å². The second kappa shape index (κ2) is 5.38. The van der Waals surface area contributed by atoms with Crippen molar-refractivity contribution >= 4 is 21.1 Å². The molecule has 1 aliphatic heterocycles. The maximum absolute atomic E-state index is 12.7. The van der Waals surface area contributed by atoms with Crippen LogP contribution in [-0.2, 0) is 10.0 Å². The first-order valence-electron chi connectivity index (χ1n) is 6.88. The van der Waals surface area contributed by atoms with Gasteiger partial charge >= 0.3 is 11.9 Å². The van der Waals surface area contributed by atoms with Crippen molar-refractivity contribution in [3.8, 4) is 0 Å². The van der Waals surface area contributed by atoms with Crippen LogP contribution >= 0.6 is 0 Å². The molecule has 1 fully saturated rings. The number of aromatic nitrogens is 1. The second-order valence-corrected chi connectivity index (χ2v) is 7.33. The van der Waals surface area contributed by atoms with Crippen LogP contribution in [0, 0.1) is 5.92 Å². The maximum atomic E-state index is 12.7. The van der Waals surface area contributed by atoms with E-state index in [0.717, 1.165) is 4.31 Å². The average Bonchev–Trinajstić information content (AvgIpc) is 2.85. The topological polar surface area (TPSA) is 83.4 Å². The SMILES string of the molecule is O=c1[nH]c2cc(S(=O)(=O)N3CCC(C(F)(F)F)CC3)ccc2o1. The zero-order valence-electron chi connectivity index (χ0n) is 11.8. The van der Waals surface area contributed by atoms with Gasteiger partial charge in [-0.3, -0.25) is 4.98 Å². The van der Waals surface area contributed by atoms with Gasteiger partial charge < -0.3 is 4.42 Å². The van der Waals surface area contributed by atoms with E-state index in [4.69, 9.17) is 4.42 Å². The molecule has 3 rings (SSSR count). The molecule has 1 N–H and O–H groups in total. The Morgan fingerprint density at radius 3 is 2.48 bits per heavy atom. The molecular formula is C13H13F3N2O4S. The first-order chi connectivity index (χ1) is 10.7. The first kappa shape index (κ1) is 16.1. The number of halogens is 3. The second-order valence-electron chi connectivity index (χ2n) is 5.39. The van der Waals surface area contributed by atoms with Crippen molar-refractivity contribution in [2.45, 2.75) is 23.9 Å². The Morgan fingerprint density at radius 2 is 1.87 bits per heavy atom. The predicted molar refractivity (Wildman–Crippen MR) is 74.4 cm³/mol. The number of aromatic amines is 1. The third-order valence-electron chi connectivity index (χ3n) is 3.95. The Hall–Kier alpha value is -1.81. The Morgan fingerprint density at radius 1 is 1.22 bits per heavy atom. The van der Waals surface area contributed by atoms with E-state index in [9.17, 15) is 26.4 Å². The number of nitrogens with one attached hydrogen (secondary N) is 1. The number of alkyl halides is 3. The number of H-pyrrole nitrogens is 1. The largest absolute Gasteiger partial charge is 0.417 e. The van der Waals surface area contributed by atoms with Gasteiger partial charge in [-0.05, 0) is 31.0 Å². The van der Waals surface area contributed by atoms with Crippen molar-refractivity contribution < 1.29 is 26.0 Å². The quantitative estimate of drug-likeness (QED) is 0.899. The number of hydrogen-bond donors (Lipinski definition) is 1. The van der Waals surface area contributed by atoms with Crippen molar-refractivity contribution in [3.05, 3.63) is 28.7 Å². The molecule has 2 heterocycles. The summed E-state index contributed by atoms with van der Waals surface area (Å²) in [5.74, 6) is -2.18. The number of fused-ring (bicyclic) bond motifs is 1. The van der Waals surface area contributed by atoms with Gasteiger partial charge in [0.25, 0.3) is 0 Å². The van der Waals surface area contributed by atoms with Gasteiger partial charge in [0.05, 0.1) is 16.3 Å². The molecule has 0 aliphatic carbocycles. The summed E-state index contributed by atoms with van der Waals surface area (Å²) < 4.78 is 68.8. The number of rotatable bonds is 2. The summed E-state index contributed by atoms with van der Waals surface area (Å²) >= 11 is 0. The Labute approximate surface area is 128 Å². The third-order valence-corrected chi connectivity index (χ3v) is 5.84. The summed E-state index contributed by atoms with van der Waals surface area (Å²) in [6.45, 7) is -0.376. The van der Waals surface area contributed by atoms with Crippen LogP contribution in [0.2, 0.25) is 0 Å². The predicted octanol–water partition coefficient (Wildman–Crippen LogP) is 2.08. The van der Waals surface area contributed by atoms with E-state index in [2.05, 4.69) is 4.98 Å². The molecule has 23 heavy (non-hydrogen) atoms. The maximum Gasteiger partial charge on any atom is 0.417 e. The molecule has 0 amide bonds. The molecule has 0 spiro atoms. The lowest BCUT2D eigenvalue weighted by atomic mass is 9.98. The van der Waals surface area contributed by atoms with Crippen LogP contribution in [0.5, 0.6) is 0 Å². The van der Waals surface area contributed by atoms with E-state index < -0.39 is 27.9 Å². The summed E-state index contributed by atoms with van der Waals surface area (Å²) in [5, 5.41) is 0. The number of benzene rings is 1. The highest BCUT2D eigenvalue weighted by molar-refractivity contribution is 7.89. The molecule has 1 aromatic carbocycles. The van der Waals surface area contributed by atoms with Crippen molar-refractivity contribution in [2.24, 2.45) is 5.92 Å². The van der Waals surface area contributed by atoms with Crippen molar-refractivity contribution in [1.29, 1.82) is 0 Å². The molecule has 0 saturated carbocycles. The standard InChI is InChI=1S/C13H13F3N2O4S/c14-13(15,16)8-3-5-18(6-4-8)23(20,21)9-1-2-11-10(7-9)17-12(19)22-11/h1-2,7-8H,3-6H2,(H,17,19). The summed E-state index contributed by atoms with van der Waals surface area (Å²) in [6.07, 6.45) is -4.81. The van der Waals surface area contributed by atoms with Gasteiger partial charge in [0.2, 0.25) is 10.0 Å². The number of nitrogens with zero attached hydrogens (tertiary/aromatic N) is 1. The Balaban J connectivity index is 1.85. The van der Waals surface area contributed by atoms with Crippen LogP contribution in [0.4, 0.5) is 13.2 Å². The van der Waals surface area contributed by atoms with E-state index in [1.807, 2.05) is 0 Å². The van der Waals surface area contributed by atoms with E-state index in [-0.39, 0.29) is 41.9 Å². The van der Waals surface area contributed by atoms with Gasteiger partial charge in [0.15, 0.2) is 5.58 Å². The minimum Gasteiger partial charge on any atom is -0.408 e. The molecule has 2 aromatic rings. The van der Waals surface area contributed by atoms with Gasteiger partial charge in [-0.2, -0.15) is 17.5 Å². The highest BCUT2D eigenvalue weighted by Crippen LogP contribution is 2.35. The fourth-order valence-electron chi connectivity index (χ4n) is 2.66. The molecule has 0 bridgehead atoms. The lowest BCUT2D eigenvalue weighted by molar-refractivity contribution is -0.182. The minimum absolute atomic E-state index is 0.0903. The summed E-state index contributed by atoms with van der Waals surface area (Å²) in [7, 11) is -3.91. The van der Waals surface area contributed by atoms with Gasteiger partial charge in [0, 0.05) is 13.1 Å². The van der Waals surface area contributed by atoms with Crippen molar-refractivity contribution in [1.82, 2.24) is 9.29 Å². The van der Waals surface area contributed by atoms with E-state index in [1.54, 1.807) is 0 Å². The number of piperidine rings is 1. The molecule has 126 valence electrons. The van der Waals surface area contributed by atoms with Crippen LogP contribution in [0.25, 0.3) is 11.1 Å². The Bertz CT molecular complexity index is 876. The zero-order chi connectivity index (χ0) is 16.8. The monoisotopic (exact) mass is 350 g/mol. The van der Waals surface area contributed by atoms with Gasteiger partial charge in [-0.25, -0.2) is 13.2 Å². The first-order valence-corrected chi connectivity index (χ1v) is 8.32. The van der Waals surface area contributed by atoms with Gasteiger partial charge in [0.1, 0.15) is 0 Å². The van der Waals surface area contributed by atoms with Crippen LogP contribution in [0.1, 0.15) is 12.8 Å². The lowest BCUT2D eigenvalue weighted by Gasteiger charge is -2.32. The fraction of sp³-hybridized carbons (Fsp3) is 0.462. The molecule has 0 unspecified atom stereocenters. The minimum atomic E-state index is -4.30. The van der Waals surface area contributed by atoms with Crippen LogP contribution in [0.15, 0.2) is 32.3 Å². The fourth-order valence-corrected chi connectivity index (χ4v) is 4.16. The number of oxazole rings is 1. The molecule has 1 saturated heterocycles. The smallest absolute Gasteiger partial charge is 0.408 e. The van der Waals surface area contributed by atoms with Crippen LogP contribution in [-0.4, -0.2) is 37.0 Å². The Kier molecular flexibility index (Phi) is 3.75. The molecule has 1 aromatic heterocycles.